The van der Waals surface area contributed by atoms with Crippen LogP contribution >= 0.6 is 23.3 Å². The van der Waals surface area contributed by atoms with Crippen LogP contribution in [0.1, 0.15) is 43.8 Å². The minimum absolute atomic E-state index is 0.143. The number of nitrogens with one attached hydrogen (secondary N) is 1. The van der Waals surface area contributed by atoms with E-state index in [1.54, 1.807) is 0 Å². The van der Waals surface area contributed by atoms with Crippen molar-refractivity contribution >= 4 is 28.4 Å². The van der Waals surface area contributed by atoms with Gasteiger partial charge in [0.25, 0.3) is 0 Å². The van der Waals surface area contributed by atoms with Crippen molar-refractivity contribution in [2.75, 3.05) is 23.4 Å². The fourth-order valence-corrected chi connectivity index (χ4v) is 5.09. The van der Waals surface area contributed by atoms with E-state index in [2.05, 4.69) is 14.7 Å². The zero-order chi connectivity index (χ0) is 12.7. The lowest BCUT2D eigenvalue weighted by atomic mass is 9.90. The Balaban J connectivity index is 1.40. The molecule has 3 heterocycles. The fraction of sp³-hybridized carbons (Fsp3) is 0.846. The lowest BCUT2D eigenvalue weighted by Gasteiger charge is -2.37. The third kappa shape index (κ3) is 2.62. The van der Waals surface area contributed by atoms with E-state index in [9.17, 15) is 0 Å². The van der Waals surface area contributed by atoms with Crippen LogP contribution in [0.4, 0.5) is 5.13 Å². The third-order valence-electron chi connectivity index (χ3n) is 4.27. The summed E-state index contributed by atoms with van der Waals surface area (Å²) in [7, 11) is 0. The van der Waals surface area contributed by atoms with Crippen LogP contribution in [0.2, 0.25) is 0 Å². The van der Waals surface area contributed by atoms with Crippen molar-refractivity contribution in [2.45, 2.75) is 49.7 Å². The number of nitrogens with zero attached hydrogens (tertiary/aromatic N) is 2. The predicted molar refractivity (Wildman–Crippen MR) is 79.2 cm³/mol. The second-order valence-corrected chi connectivity index (χ2v) is 7.76. The Morgan fingerprint density at radius 1 is 1.32 bits per heavy atom. The van der Waals surface area contributed by atoms with Gasteiger partial charge in [0.15, 0.2) is 0 Å². The number of rotatable bonds is 3. The maximum Gasteiger partial charge on any atom is 0.202 e. The van der Waals surface area contributed by atoms with Gasteiger partial charge in [0.2, 0.25) is 5.13 Å². The molecule has 0 unspecified atom stereocenters. The molecule has 0 amide bonds. The van der Waals surface area contributed by atoms with Crippen molar-refractivity contribution in [3.63, 3.8) is 0 Å². The Morgan fingerprint density at radius 3 is 3.05 bits per heavy atom. The number of thioether (sulfide) groups is 1. The second kappa shape index (κ2) is 4.90. The smallest absolute Gasteiger partial charge is 0.202 e. The van der Waals surface area contributed by atoms with Crippen molar-refractivity contribution < 1.29 is 4.74 Å². The van der Waals surface area contributed by atoms with E-state index in [0.717, 1.165) is 36.2 Å². The molecule has 1 N–H and O–H groups in total. The van der Waals surface area contributed by atoms with E-state index in [4.69, 9.17) is 4.74 Å². The Morgan fingerprint density at radius 2 is 2.26 bits per heavy atom. The summed E-state index contributed by atoms with van der Waals surface area (Å²) in [6.07, 6.45) is 5.96. The van der Waals surface area contributed by atoms with Gasteiger partial charge >= 0.3 is 0 Å². The van der Waals surface area contributed by atoms with Gasteiger partial charge in [-0.1, -0.05) is 0 Å². The van der Waals surface area contributed by atoms with Gasteiger partial charge < -0.3 is 10.1 Å². The van der Waals surface area contributed by atoms with Gasteiger partial charge in [-0.2, -0.15) is 16.1 Å². The largest absolute Gasteiger partial charge is 0.374 e. The molecule has 4 rings (SSSR count). The highest BCUT2D eigenvalue weighted by Gasteiger charge is 2.40. The van der Waals surface area contributed by atoms with Crippen LogP contribution in [0, 0.1) is 0 Å². The lowest BCUT2D eigenvalue weighted by Crippen LogP contribution is -2.44. The number of aromatic nitrogens is 2. The molecule has 1 saturated carbocycles. The summed E-state index contributed by atoms with van der Waals surface area (Å²) in [5.41, 5.74) is 0.143. The zero-order valence-corrected chi connectivity index (χ0v) is 12.6. The van der Waals surface area contributed by atoms with Gasteiger partial charge in [-0.05, 0) is 37.9 Å². The first-order chi connectivity index (χ1) is 9.33. The molecule has 6 heteroatoms. The number of anilines is 1. The maximum absolute atomic E-state index is 6.05. The average Bonchev–Trinajstić information content (AvgIpc) is 3.01. The minimum Gasteiger partial charge on any atom is -0.374 e. The van der Waals surface area contributed by atoms with Gasteiger partial charge in [-0.25, -0.2) is 4.98 Å². The molecule has 0 aromatic carbocycles. The molecule has 0 bridgehead atoms. The first kappa shape index (κ1) is 12.4. The van der Waals surface area contributed by atoms with Crippen LogP contribution in [-0.4, -0.2) is 39.1 Å². The van der Waals surface area contributed by atoms with Gasteiger partial charge in [0.1, 0.15) is 5.82 Å². The van der Waals surface area contributed by atoms with Crippen LogP contribution in [0.25, 0.3) is 0 Å². The predicted octanol–water partition coefficient (Wildman–Crippen LogP) is 2.88. The van der Waals surface area contributed by atoms with Crippen LogP contribution < -0.4 is 5.32 Å². The third-order valence-corrected chi connectivity index (χ3v) is 6.16. The first-order valence-corrected chi connectivity index (χ1v) is 9.08. The monoisotopic (exact) mass is 297 g/mol. The highest BCUT2D eigenvalue weighted by Crippen LogP contribution is 2.41. The molecule has 3 aliphatic rings. The van der Waals surface area contributed by atoms with E-state index in [-0.39, 0.29) is 5.60 Å². The molecule has 3 fully saturated rings. The van der Waals surface area contributed by atoms with E-state index >= 15 is 0 Å². The van der Waals surface area contributed by atoms with Crippen LogP contribution in [-0.2, 0) is 4.74 Å². The highest BCUT2D eigenvalue weighted by molar-refractivity contribution is 7.99. The summed E-state index contributed by atoms with van der Waals surface area (Å²) >= 11 is 3.55. The SMILES string of the molecule is C1C[C@H](Nc2nc(C3CC3)ns2)C[C@@]2(CCSC2)O1. The van der Waals surface area contributed by atoms with E-state index < -0.39 is 0 Å². The van der Waals surface area contributed by atoms with Crippen molar-refractivity contribution in [3.05, 3.63) is 5.82 Å². The molecule has 1 aliphatic carbocycles. The normalized spacial score (nSPS) is 34.8. The molecule has 2 aliphatic heterocycles. The molecule has 4 nitrogen and oxygen atoms in total. The summed E-state index contributed by atoms with van der Waals surface area (Å²) in [6.45, 7) is 0.881. The Kier molecular flexibility index (Phi) is 3.20. The lowest BCUT2D eigenvalue weighted by molar-refractivity contribution is -0.0628. The Bertz CT molecular complexity index is 454. The van der Waals surface area contributed by atoms with Crippen molar-refractivity contribution in [3.8, 4) is 0 Å². The number of ether oxygens (including phenoxy) is 1. The Hall–Kier alpha value is -0.330. The van der Waals surface area contributed by atoms with Crippen LogP contribution in [0.3, 0.4) is 0 Å². The molecule has 1 spiro atoms. The van der Waals surface area contributed by atoms with Gasteiger partial charge in [-0.3, -0.25) is 0 Å². The highest BCUT2D eigenvalue weighted by atomic mass is 32.2. The topological polar surface area (TPSA) is 47.0 Å². The quantitative estimate of drug-likeness (QED) is 0.929. The summed E-state index contributed by atoms with van der Waals surface area (Å²) in [5, 5.41) is 4.60. The van der Waals surface area contributed by atoms with Gasteiger partial charge in [0.05, 0.1) is 5.60 Å². The Labute approximate surface area is 121 Å². The van der Waals surface area contributed by atoms with Crippen LogP contribution in [0.5, 0.6) is 0 Å². The van der Waals surface area contributed by atoms with Gasteiger partial charge in [-0.15, -0.1) is 0 Å². The average molecular weight is 297 g/mol. The van der Waals surface area contributed by atoms with E-state index in [1.807, 2.05) is 11.8 Å². The van der Waals surface area contributed by atoms with Crippen molar-refractivity contribution in [2.24, 2.45) is 0 Å². The zero-order valence-electron chi connectivity index (χ0n) is 10.9. The summed E-state index contributed by atoms with van der Waals surface area (Å²) < 4.78 is 10.5. The summed E-state index contributed by atoms with van der Waals surface area (Å²) in [5.74, 6) is 4.12. The molecule has 1 aromatic heterocycles. The number of hydrogen-bond acceptors (Lipinski definition) is 6. The fourth-order valence-electron chi connectivity index (χ4n) is 2.99. The summed E-state index contributed by atoms with van der Waals surface area (Å²) in [4.78, 5) is 4.63. The maximum atomic E-state index is 6.05. The number of hydrogen-bond donors (Lipinski definition) is 1. The minimum atomic E-state index is 0.143. The second-order valence-electron chi connectivity index (χ2n) is 5.90. The molecule has 104 valence electrons. The van der Waals surface area contributed by atoms with E-state index in [1.165, 1.54) is 36.5 Å². The molecular formula is C13H19N3OS2. The molecule has 0 radical (unpaired) electrons. The van der Waals surface area contributed by atoms with Gasteiger partial charge in [0, 0.05) is 35.9 Å². The molecule has 2 atom stereocenters. The van der Waals surface area contributed by atoms with Crippen molar-refractivity contribution in [1.82, 2.24) is 9.36 Å². The standard InChI is InChI=1S/C13H19N3OS2/c1-2-9(1)11-15-12(19-16-11)14-10-3-5-17-13(7-10)4-6-18-8-13/h9-10H,1-8H2,(H,14,15,16)/t10-,13+/m0/s1. The van der Waals surface area contributed by atoms with Crippen molar-refractivity contribution in [1.29, 1.82) is 0 Å². The summed E-state index contributed by atoms with van der Waals surface area (Å²) in [6, 6.07) is 0.507. The van der Waals surface area contributed by atoms with Crippen LogP contribution in [0.15, 0.2) is 0 Å². The van der Waals surface area contributed by atoms with E-state index in [0.29, 0.717) is 12.0 Å². The molecule has 1 aromatic rings. The molecule has 19 heavy (non-hydrogen) atoms. The molecular weight excluding hydrogens is 278 g/mol. The first-order valence-electron chi connectivity index (χ1n) is 7.15. The molecule has 2 saturated heterocycles.